The Bertz CT molecular complexity index is 1130. The van der Waals surface area contributed by atoms with Crippen LogP contribution in [0.15, 0.2) is 11.1 Å². The average molecular weight is 535 g/mol. The number of esters is 1. The molecule has 0 radical (unpaired) electrons. The van der Waals surface area contributed by atoms with E-state index in [1.54, 1.807) is 13.8 Å². The van der Waals surface area contributed by atoms with Gasteiger partial charge in [0.15, 0.2) is 0 Å². The number of aliphatic hydroxyl groups is 4. The highest BCUT2D eigenvalue weighted by Crippen LogP contribution is 2.75. The van der Waals surface area contributed by atoms with Gasteiger partial charge in [-0.1, -0.05) is 12.5 Å². The minimum absolute atomic E-state index is 0.0492. The molecule has 0 amide bonds. The number of carbonyl (C=O) groups excluding carboxylic acids is 2. The highest BCUT2D eigenvalue weighted by molar-refractivity contribution is 5.90. The summed E-state index contributed by atoms with van der Waals surface area (Å²) in [5.74, 6) is -1.22. The molecular formula is C29H42O9. The molecular weight excluding hydrogens is 492 g/mol. The number of aliphatic hydroxyl groups excluding tert-OH is 1. The molecule has 0 aromatic heterocycles. The van der Waals surface area contributed by atoms with Crippen LogP contribution < -0.4 is 0 Å². The van der Waals surface area contributed by atoms with Crippen molar-refractivity contribution in [3.63, 3.8) is 0 Å². The van der Waals surface area contributed by atoms with Crippen molar-refractivity contribution >= 4 is 11.8 Å². The predicted octanol–water partition coefficient (Wildman–Crippen LogP) is 1.57. The topological polar surface area (TPSA) is 146 Å². The number of cyclic esters (lactones) is 1. The zero-order valence-corrected chi connectivity index (χ0v) is 23.2. The third kappa shape index (κ3) is 2.65. The van der Waals surface area contributed by atoms with E-state index in [-0.39, 0.29) is 37.1 Å². The second-order valence-electron chi connectivity index (χ2n) is 13.7. The van der Waals surface area contributed by atoms with E-state index < -0.39 is 63.4 Å². The number of Topliss-reactive ketones (excluding diaryl/α,β-unsaturated/α-hetero) is 1. The van der Waals surface area contributed by atoms with Gasteiger partial charge in [-0.2, -0.15) is 0 Å². The highest BCUT2D eigenvalue weighted by atomic mass is 16.6. The van der Waals surface area contributed by atoms with Gasteiger partial charge in [-0.3, -0.25) is 4.79 Å². The van der Waals surface area contributed by atoms with E-state index in [4.69, 9.17) is 14.2 Å². The molecule has 1 saturated heterocycles. The Labute approximate surface area is 223 Å². The van der Waals surface area contributed by atoms with E-state index in [1.165, 1.54) is 14.0 Å². The van der Waals surface area contributed by atoms with Crippen molar-refractivity contribution < 1.29 is 44.2 Å². The van der Waals surface area contributed by atoms with Crippen LogP contribution in [0.25, 0.3) is 0 Å². The van der Waals surface area contributed by atoms with Gasteiger partial charge in [0.2, 0.25) is 0 Å². The lowest BCUT2D eigenvalue weighted by Crippen LogP contribution is -2.74. The van der Waals surface area contributed by atoms with Crippen molar-refractivity contribution in [1.82, 2.24) is 0 Å². The normalized spacial score (nSPS) is 55.3. The summed E-state index contributed by atoms with van der Waals surface area (Å²) >= 11 is 0. The molecule has 4 aliphatic carbocycles. The molecule has 6 aliphatic rings. The Morgan fingerprint density at radius 2 is 1.79 bits per heavy atom. The smallest absolute Gasteiger partial charge is 0.334 e. The Balaban J connectivity index is 1.44. The highest BCUT2D eigenvalue weighted by Gasteiger charge is 2.86. The lowest BCUT2D eigenvalue weighted by molar-refractivity contribution is -0.289. The van der Waals surface area contributed by atoms with E-state index >= 15 is 0 Å². The van der Waals surface area contributed by atoms with Crippen LogP contribution in [-0.2, 0) is 23.8 Å². The summed E-state index contributed by atoms with van der Waals surface area (Å²) < 4.78 is 17.7. The standard InChI is InChI=1S/C29H42O9/c1-14-11-20(37-23(32)15(14)2)26(5,33)27(34)13-22(36-6)28(35)17-12-21-29(38-21)19(31)8-7-18(30)25(29,4)16(17)9-10-24(27,28)3/h16-17,19-22,31,33-35H,7-13H2,1-6H3. The molecule has 9 heteroatoms. The number of epoxide rings is 1. The van der Waals surface area contributed by atoms with Gasteiger partial charge in [0, 0.05) is 37.4 Å². The van der Waals surface area contributed by atoms with Gasteiger partial charge in [-0.15, -0.1) is 0 Å². The first-order valence-electron chi connectivity index (χ1n) is 14.0. The summed E-state index contributed by atoms with van der Waals surface area (Å²) in [7, 11) is 1.49. The summed E-state index contributed by atoms with van der Waals surface area (Å²) in [5.41, 5.74) is -7.22. The molecule has 12 atom stereocenters. The lowest BCUT2D eigenvalue weighted by Gasteiger charge is -2.64. The molecule has 0 bridgehead atoms. The molecule has 0 aromatic rings. The molecule has 212 valence electrons. The van der Waals surface area contributed by atoms with Crippen LogP contribution in [0, 0.1) is 22.7 Å². The van der Waals surface area contributed by atoms with E-state index in [9.17, 15) is 30.0 Å². The Morgan fingerprint density at radius 1 is 1.11 bits per heavy atom. The summed E-state index contributed by atoms with van der Waals surface area (Å²) in [6.07, 6.45) is -0.862. The maximum Gasteiger partial charge on any atom is 0.334 e. The third-order valence-electron chi connectivity index (χ3n) is 12.7. The Kier molecular flexibility index (Phi) is 5.42. The number of methoxy groups -OCH3 is 1. The number of carbonyl (C=O) groups is 2. The van der Waals surface area contributed by atoms with Crippen molar-refractivity contribution in [3.05, 3.63) is 11.1 Å². The number of hydrogen-bond acceptors (Lipinski definition) is 9. The SMILES string of the molecule is COC1CC(O)(C(C)(O)C2CC(C)=C(C)C(=O)O2)C2(C)CCC3C(CC4OC45C(O)CCC(=O)C35C)C12O. The summed E-state index contributed by atoms with van der Waals surface area (Å²) in [6.45, 7) is 8.68. The molecule has 6 rings (SSSR count). The lowest BCUT2D eigenvalue weighted by atomic mass is 9.41. The molecule has 2 aliphatic heterocycles. The average Bonchev–Trinajstić information content (AvgIpc) is 3.57. The van der Waals surface area contributed by atoms with Gasteiger partial charge >= 0.3 is 5.97 Å². The number of rotatable bonds is 3. The zero-order chi connectivity index (χ0) is 27.8. The molecule has 38 heavy (non-hydrogen) atoms. The van der Waals surface area contributed by atoms with Gasteiger partial charge in [-0.05, 0) is 65.2 Å². The van der Waals surface area contributed by atoms with Gasteiger partial charge in [0.1, 0.15) is 34.3 Å². The fraction of sp³-hybridized carbons (Fsp3) is 0.862. The first kappa shape index (κ1) is 26.8. The summed E-state index contributed by atoms with van der Waals surface area (Å²) in [5, 5.41) is 48.5. The van der Waals surface area contributed by atoms with Crippen molar-refractivity contribution in [3.8, 4) is 0 Å². The largest absolute Gasteiger partial charge is 0.455 e. The molecule has 0 aromatic carbocycles. The van der Waals surface area contributed by atoms with Crippen molar-refractivity contribution in [1.29, 1.82) is 0 Å². The van der Waals surface area contributed by atoms with Crippen LogP contribution in [0.5, 0.6) is 0 Å². The van der Waals surface area contributed by atoms with Crippen molar-refractivity contribution in [2.45, 2.75) is 126 Å². The molecule has 4 N–H and O–H groups in total. The molecule has 9 nitrogen and oxygen atoms in total. The van der Waals surface area contributed by atoms with E-state index in [0.29, 0.717) is 31.3 Å². The maximum atomic E-state index is 13.5. The van der Waals surface area contributed by atoms with Crippen LogP contribution >= 0.6 is 0 Å². The molecule has 4 saturated carbocycles. The number of hydrogen-bond donors (Lipinski definition) is 4. The predicted molar refractivity (Wildman–Crippen MR) is 134 cm³/mol. The summed E-state index contributed by atoms with van der Waals surface area (Å²) in [6, 6.07) is 0. The minimum atomic E-state index is -1.90. The fourth-order valence-corrected chi connectivity index (χ4v) is 10.1. The van der Waals surface area contributed by atoms with E-state index in [2.05, 4.69) is 0 Å². The monoisotopic (exact) mass is 534 g/mol. The second kappa shape index (κ2) is 7.68. The van der Waals surface area contributed by atoms with Gasteiger partial charge in [-0.25, -0.2) is 4.79 Å². The van der Waals surface area contributed by atoms with Crippen LogP contribution in [0.4, 0.5) is 0 Å². The first-order chi connectivity index (χ1) is 17.6. The Hall–Kier alpha value is -1.36. The van der Waals surface area contributed by atoms with Gasteiger partial charge < -0.3 is 34.6 Å². The molecule has 2 heterocycles. The molecule has 1 spiro atoms. The maximum absolute atomic E-state index is 13.5. The van der Waals surface area contributed by atoms with Crippen LogP contribution in [-0.4, -0.2) is 86.1 Å². The zero-order valence-electron chi connectivity index (χ0n) is 23.2. The molecule has 5 fully saturated rings. The molecule has 12 unspecified atom stereocenters. The second-order valence-corrected chi connectivity index (χ2v) is 13.7. The van der Waals surface area contributed by atoms with Crippen LogP contribution in [0.1, 0.15) is 79.6 Å². The minimum Gasteiger partial charge on any atom is -0.455 e. The van der Waals surface area contributed by atoms with Crippen LogP contribution in [0.3, 0.4) is 0 Å². The van der Waals surface area contributed by atoms with Crippen molar-refractivity contribution in [2.75, 3.05) is 7.11 Å². The third-order valence-corrected chi connectivity index (χ3v) is 12.7. The fourth-order valence-electron chi connectivity index (χ4n) is 10.1. The van der Waals surface area contributed by atoms with Crippen molar-refractivity contribution in [2.24, 2.45) is 22.7 Å². The van der Waals surface area contributed by atoms with Crippen LogP contribution in [0.2, 0.25) is 0 Å². The first-order valence-corrected chi connectivity index (χ1v) is 14.0. The van der Waals surface area contributed by atoms with Gasteiger partial charge in [0.25, 0.3) is 0 Å². The van der Waals surface area contributed by atoms with Gasteiger partial charge in [0.05, 0.1) is 23.7 Å². The Morgan fingerprint density at radius 3 is 2.42 bits per heavy atom. The summed E-state index contributed by atoms with van der Waals surface area (Å²) in [4.78, 5) is 26.1. The van der Waals surface area contributed by atoms with E-state index in [1.807, 2.05) is 13.8 Å². The number of ketones is 1. The number of ether oxygens (including phenoxy) is 3. The van der Waals surface area contributed by atoms with E-state index in [0.717, 1.165) is 5.57 Å². The quantitative estimate of drug-likeness (QED) is 0.313. The number of fused-ring (bicyclic) bond motifs is 4.